The minimum atomic E-state index is -0.636. The third kappa shape index (κ3) is 4.78. The van der Waals surface area contributed by atoms with Crippen LogP contribution in [0.4, 0.5) is 5.69 Å². The van der Waals surface area contributed by atoms with Gasteiger partial charge in [-0.1, -0.05) is 18.2 Å². The molecule has 0 fully saturated rings. The molecule has 0 saturated heterocycles. The lowest BCUT2D eigenvalue weighted by Gasteiger charge is -2.15. The van der Waals surface area contributed by atoms with Crippen molar-refractivity contribution < 1.29 is 19.2 Å². The molecule has 0 radical (unpaired) electrons. The van der Waals surface area contributed by atoms with Crippen LogP contribution in [0.2, 0.25) is 0 Å². The van der Waals surface area contributed by atoms with E-state index in [-0.39, 0.29) is 16.6 Å². The van der Waals surface area contributed by atoms with Gasteiger partial charge in [0.25, 0.3) is 11.6 Å². The number of thiophene rings is 1. The summed E-state index contributed by atoms with van der Waals surface area (Å²) in [6.07, 6.45) is 0. The van der Waals surface area contributed by atoms with Gasteiger partial charge in [0.05, 0.1) is 11.0 Å². The van der Waals surface area contributed by atoms with E-state index in [1.165, 1.54) is 23.8 Å². The van der Waals surface area contributed by atoms with Crippen LogP contribution in [-0.2, 0) is 9.53 Å². The molecule has 1 heterocycles. The van der Waals surface area contributed by atoms with Crippen LogP contribution in [0.1, 0.15) is 39.3 Å². The Bertz CT molecular complexity index is 1110. The number of nitrogens with zero attached hydrogens (tertiary/aromatic N) is 1. The molecule has 0 aliphatic rings. The number of benzene rings is 2. The molecule has 29 heavy (non-hydrogen) atoms. The molecule has 7 nitrogen and oxygen atoms in total. The van der Waals surface area contributed by atoms with E-state index >= 15 is 0 Å². The van der Waals surface area contributed by atoms with Crippen LogP contribution in [-0.4, -0.2) is 23.4 Å². The lowest BCUT2D eigenvalue weighted by molar-refractivity contribution is -0.384. The number of non-ortho nitro benzene ring substituents is 1. The Morgan fingerprint density at radius 2 is 1.90 bits per heavy atom. The maximum Gasteiger partial charge on any atom is 0.348 e. The first kappa shape index (κ1) is 20.5. The molecule has 0 unspecified atom stereocenters. The number of nitro benzene ring substituents is 1. The summed E-state index contributed by atoms with van der Waals surface area (Å²) < 4.78 is 5.83. The highest BCUT2D eigenvalue weighted by atomic mass is 32.1. The van der Waals surface area contributed by atoms with Crippen LogP contribution < -0.4 is 5.32 Å². The summed E-state index contributed by atoms with van der Waals surface area (Å²) in [6, 6.07) is 11.7. The van der Waals surface area contributed by atoms with Gasteiger partial charge < -0.3 is 10.1 Å². The molecular weight excluding hydrogens is 392 g/mol. The average molecular weight is 412 g/mol. The Labute approximate surface area is 171 Å². The number of esters is 1. The lowest BCUT2D eigenvalue weighted by Crippen LogP contribution is -2.31. The molecule has 0 aliphatic carbocycles. The van der Waals surface area contributed by atoms with Crippen molar-refractivity contribution >= 4 is 39.0 Å². The zero-order chi connectivity index (χ0) is 21.1. The van der Waals surface area contributed by atoms with Crippen LogP contribution in [0.15, 0.2) is 42.5 Å². The second-order valence-electron chi connectivity index (χ2n) is 6.80. The Balaban J connectivity index is 1.59. The van der Waals surface area contributed by atoms with Gasteiger partial charge in [-0.25, -0.2) is 4.79 Å². The predicted octanol–water partition coefficient (Wildman–Crippen LogP) is 4.46. The Hall–Kier alpha value is -3.26. The summed E-state index contributed by atoms with van der Waals surface area (Å²) in [5, 5.41) is 14.3. The summed E-state index contributed by atoms with van der Waals surface area (Å²) in [5.74, 6) is -1.04. The maximum atomic E-state index is 12.2. The van der Waals surface area contributed by atoms with E-state index in [1.54, 1.807) is 6.07 Å². The van der Waals surface area contributed by atoms with Crippen LogP contribution in [0.25, 0.3) is 10.1 Å². The monoisotopic (exact) mass is 412 g/mol. The van der Waals surface area contributed by atoms with E-state index in [0.29, 0.717) is 5.39 Å². The molecule has 150 valence electrons. The standard InChI is InChI=1S/C21H20N2O5S/c1-12-4-5-15(8-13(12)2)14(3)22-20(24)11-28-21(25)19-10-16-9-17(23(26)27)6-7-18(16)29-19/h4-10,14H,11H2,1-3H3,(H,22,24)/t14-/m0/s1. The van der Waals surface area contributed by atoms with Gasteiger partial charge in [0.1, 0.15) is 4.88 Å². The second kappa shape index (κ2) is 8.40. The number of hydrogen-bond acceptors (Lipinski definition) is 6. The molecule has 1 N–H and O–H groups in total. The largest absolute Gasteiger partial charge is 0.451 e. The number of carbonyl (C=O) groups is 2. The fourth-order valence-corrected chi connectivity index (χ4v) is 3.78. The van der Waals surface area contributed by atoms with E-state index in [1.807, 2.05) is 39.0 Å². The molecule has 8 heteroatoms. The van der Waals surface area contributed by atoms with E-state index < -0.39 is 23.4 Å². The number of aryl methyl sites for hydroxylation is 2. The first-order valence-corrected chi connectivity index (χ1v) is 9.78. The topological polar surface area (TPSA) is 98.5 Å². The van der Waals surface area contributed by atoms with E-state index in [0.717, 1.165) is 27.2 Å². The van der Waals surface area contributed by atoms with Crippen molar-refractivity contribution in [3.8, 4) is 0 Å². The number of carbonyl (C=O) groups excluding carboxylic acids is 2. The highest BCUT2D eigenvalue weighted by molar-refractivity contribution is 7.20. The summed E-state index contributed by atoms with van der Waals surface area (Å²) in [6.45, 7) is 5.49. The third-order valence-electron chi connectivity index (χ3n) is 4.65. The number of nitro groups is 1. The van der Waals surface area contributed by atoms with E-state index in [2.05, 4.69) is 5.32 Å². The lowest BCUT2D eigenvalue weighted by atomic mass is 10.0. The van der Waals surface area contributed by atoms with Crippen molar-refractivity contribution in [1.82, 2.24) is 5.32 Å². The van der Waals surface area contributed by atoms with Crippen molar-refractivity contribution in [2.75, 3.05) is 6.61 Å². The van der Waals surface area contributed by atoms with Crippen molar-refractivity contribution in [2.24, 2.45) is 0 Å². The van der Waals surface area contributed by atoms with Crippen LogP contribution in [0.3, 0.4) is 0 Å². The molecule has 1 atom stereocenters. The molecule has 0 spiro atoms. The molecule has 1 aromatic heterocycles. The Kier molecular flexibility index (Phi) is 5.93. The smallest absolute Gasteiger partial charge is 0.348 e. The van der Waals surface area contributed by atoms with Gasteiger partial charge >= 0.3 is 5.97 Å². The number of fused-ring (bicyclic) bond motifs is 1. The molecule has 0 saturated carbocycles. The van der Waals surface area contributed by atoms with Gasteiger partial charge in [-0.2, -0.15) is 0 Å². The number of ether oxygens (including phenoxy) is 1. The molecule has 2 aromatic carbocycles. The van der Waals surface area contributed by atoms with Gasteiger partial charge in [0.2, 0.25) is 0 Å². The summed E-state index contributed by atoms with van der Waals surface area (Å²) in [7, 11) is 0. The van der Waals surface area contributed by atoms with Crippen molar-refractivity contribution in [2.45, 2.75) is 26.8 Å². The highest BCUT2D eigenvalue weighted by Crippen LogP contribution is 2.29. The summed E-state index contributed by atoms with van der Waals surface area (Å²) >= 11 is 1.16. The third-order valence-corrected chi connectivity index (χ3v) is 5.75. The molecular formula is C21H20N2O5S. The number of nitrogens with one attached hydrogen (secondary N) is 1. The number of amides is 1. The van der Waals surface area contributed by atoms with Crippen LogP contribution in [0.5, 0.6) is 0 Å². The molecule has 3 rings (SSSR count). The quantitative estimate of drug-likeness (QED) is 0.366. The van der Waals surface area contributed by atoms with Gasteiger partial charge in [-0.15, -0.1) is 11.3 Å². The van der Waals surface area contributed by atoms with Gasteiger partial charge in [0.15, 0.2) is 6.61 Å². The van der Waals surface area contributed by atoms with Gasteiger partial charge in [-0.3, -0.25) is 14.9 Å². The van der Waals surface area contributed by atoms with Gasteiger partial charge in [-0.05, 0) is 49.6 Å². The maximum absolute atomic E-state index is 12.2. The Morgan fingerprint density at radius 3 is 2.59 bits per heavy atom. The second-order valence-corrected chi connectivity index (χ2v) is 7.88. The van der Waals surface area contributed by atoms with Gasteiger partial charge in [0, 0.05) is 22.2 Å². The minimum absolute atomic E-state index is 0.0464. The molecule has 0 bridgehead atoms. The molecule has 3 aromatic rings. The highest BCUT2D eigenvalue weighted by Gasteiger charge is 2.17. The zero-order valence-electron chi connectivity index (χ0n) is 16.2. The fourth-order valence-electron chi connectivity index (χ4n) is 2.85. The fraction of sp³-hybridized carbons (Fsp3) is 0.238. The number of hydrogen-bond donors (Lipinski definition) is 1. The van der Waals surface area contributed by atoms with E-state index in [9.17, 15) is 19.7 Å². The Morgan fingerprint density at radius 1 is 1.14 bits per heavy atom. The SMILES string of the molecule is Cc1ccc([C@H](C)NC(=O)COC(=O)c2cc3cc([N+](=O)[O-])ccc3s2)cc1C. The van der Waals surface area contributed by atoms with Crippen LogP contribution >= 0.6 is 11.3 Å². The first-order chi connectivity index (χ1) is 13.7. The average Bonchev–Trinajstić information content (AvgIpc) is 3.11. The molecule has 1 amide bonds. The normalized spacial score (nSPS) is 11.8. The van der Waals surface area contributed by atoms with Crippen molar-refractivity contribution in [1.29, 1.82) is 0 Å². The summed E-state index contributed by atoms with van der Waals surface area (Å²) in [5.41, 5.74) is 3.24. The minimum Gasteiger partial charge on any atom is -0.451 e. The predicted molar refractivity (Wildman–Crippen MR) is 111 cm³/mol. The van der Waals surface area contributed by atoms with E-state index in [4.69, 9.17) is 4.74 Å². The zero-order valence-corrected chi connectivity index (χ0v) is 17.0. The van der Waals surface area contributed by atoms with Crippen molar-refractivity contribution in [3.05, 3.63) is 74.1 Å². The van der Waals surface area contributed by atoms with Crippen molar-refractivity contribution in [3.63, 3.8) is 0 Å². The van der Waals surface area contributed by atoms with Crippen LogP contribution in [0, 0.1) is 24.0 Å². The number of rotatable bonds is 6. The summed E-state index contributed by atoms with van der Waals surface area (Å²) in [4.78, 5) is 35.1. The molecule has 0 aliphatic heterocycles. The first-order valence-electron chi connectivity index (χ1n) is 8.96.